The number of hydrogen-bond acceptors (Lipinski definition) is 2. The third-order valence-corrected chi connectivity index (χ3v) is 4.29. The van der Waals surface area contributed by atoms with Gasteiger partial charge in [-0.2, -0.15) is 0 Å². The lowest BCUT2D eigenvalue weighted by molar-refractivity contribution is -0.152. The second-order valence-electron chi connectivity index (χ2n) is 6.72. The largest absolute Gasteiger partial charge is 0.374 e. The summed E-state index contributed by atoms with van der Waals surface area (Å²) in [6.07, 6.45) is 2.63. The number of benzene rings is 1. The fraction of sp³-hybridized carbons (Fsp3) is 0.611. The number of ether oxygens (including phenoxy) is 1. The monoisotopic (exact) mass is 289 g/mol. The molecule has 1 aromatic rings. The molecule has 21 heavy (non-hydrogen) atoms. The number of morpholine rings is 1. The van der Waals surface area contributed by atoms with Gasteiger partial charge in [-0.25, -0.2) is 0 Å². The van der Waals surface area contributed by atoms with Gasteiger partial charge in [0.25, 0.3) is 0 Å². The minimum atomic E-state index is -0.188. The van der Waals surface area contributed by atoms with Gasteiger partial charge in [0.2, 0.25) is 5.91 Å². The van der Waals surface area contributed by atoms with Crippen LogP contribution in [0.1, 0.15) is 44.7 Å². The highest BCUT2D eigenvalue weighted by Gasteiger charge is 2.36. The minimum absolute atomic E-state index is 0.137. The molecule has 116 valence electrons. The SMILES string of the molecule is Cc1ccccc1CCCC(=O)N1CC(C)OCC1(C)C. The van der Waals surface area contributed by atoms with Gasteiger partial charge in [0.15, 0.2) is 0 Å². The summed E-state index contributed by atoms with van der Waals surface area (Å²) in [5.41, 5.74) is 2.47. The Morgan fingerprint density at radius 1 is 1.38 bits per heavy atom. The van der Waals surface area contributed by atoms with Crippen molar-refractivity contribution in [3.05, 3.63) is 35.4 Å². The molecular weight excluding hydrogens is 262 g/mol. The highest BCUT2D eigenvalue weighted by Crippen LogP contribution is 2.23. The standard InChI is InChI=1S/C18H27NO2/c1-14-8-5-6-9-16(14)10-7-11-17(20)19-12-15(2)21-13-18(19,3)4/h5-6,8-9,15H,7,10-13H2,1-4H3. The highest BCUT2D eigenvalue weighted by molar-refractivity contribution is 5.77. The molecule has 0 N–H and O–H groups in total. The van der Waals surface area contributed by atoms with E-state index in [9.17, 15) is 4.79 Å². The van der Waals surface area contributed by atoms with Gasteiger partial charge in [0.05, 0.1) is 18.2 Å². The number of aryl methyl sites for hydroxylation is 2. The first-order valence-electron chi connectivity index (χ1n) is 7.87. The maximum absolute atomic E-state index is 12.5. The Balaban J connectivity index is 1.88. The average Bonchev–Trinajstić information content (AvgIpc) is 2.43. The fourth-order valence-corrected chi connectivity index (χ4v) is 2.88. The molecule has 0 aromatic heterocycles. The Hall–Kier alpha value is -1.35. The van der Waals surface area contributed by atoms with Crippen LogP contribution in [-0.2, 0) is 16.0 Å². The van der Waals surface area contributed by atoms with E-state index < -0.39 is 0 Å². The summed E-state index contributed by atoms with van der Waals surface area (Å²) in [6.45, 7) is 9.65. The van der Waals surface area contributed by atoms with E-state index in [0.717, 1.165) is 12.8 Å². The molecule has 2 rings (SSSR count). The normalized spacial score (nSPS) is 21.3. The molecule has 1 aliphatic heterocycles. The van der Waals surface area contributed by atoms with Crippen LogP contribution in [0.25, 0.3) is 0 Å². The second kappa shape index (κ2) is 6.61. The predicted octanol–water partition coefficient (Wildman–Crippen LogP) is 3.34. The van der Waals surface area contributed by atoms with Crippen LogP contribution in [0.5, 0.6) is 0 Å². The van der Waals surface area contributed by atoms with Crippen LogP contribution < -0.4 is 0 Å². The molecule has 1 fully saturated rings. The number of carbonyl (C=O) groups excluding carboxylic acids is 1. The highest BCUT2D eigenvalue weighted by atomic mass is 16.5. The minimum Gasteiger partial charge on any atom is -0.374 e. The fourth-order valence-electron chi connectivity index (χ4n) is 2.88. The van der Waals surface area contributed by atoms with E-state index in [2.05, 4.69) is 45.0 Å². The van der Waals surface area contributed by atoms with Crippen molar-refractivity contribution in [2.75, 3.05) is 13.2 Å². The van der Waals surface area contributed by atoms with Crippen LogP contribution in [0.15, 0.2) is 24.3 Å². The molecule has 1 heterocycles. The predicted molar refractivity (Wildman–Crippen MR) is 85.3 cm³/mol. The second-order valence-corrected chi connectivity index (χ2v) is 6.72. The molecule has 1 aromatic carbocycles. The first kappa shape index (κ1) is 16.0. The van der Waals surface area contributed by atoms with E-state index in [4.69, 9.17) is 4.74 Å². The first-order chi connectivity index (χ1) is 9.90. The van der Waals surface area contributed by atoms with Gasteiger partial charge in [0.1, 0.15) is 0 Å². The lowest BCUT2D eigenvalue weighted by atomic mass is 9.98. The Morgan fingerprint density at radius 2 is 2.10 bits per heavy atom. The molecule has 3 heteroatoms. The van der Waals surface area contributed by atoms with Crippen molar-refractivity contribution in [1.29, 1.82) is 0 Å². The van der Waals surface area contributed by atoms with Crippen LogP contribution in [0, 0.1) is 6.92 Å². The smallest absolute Gasteiger partial charge is 0.223 e. The molecule has 1 unspecified atom stereocenters. The molecule has 3 nitrogen and oxygen atoms in total. The van der Waals surface area contributed by atoms with Crippen molar-refractivity contribution in [2.24, 2.45) is 0 Å². The van der Waals surface area contributed by atoms with E-state index in [0.29, 0.717) is 19.6 Å². The summed E-state index contributed by atoms with van der Waals surface area (Å²) in [5, 5.41) is 0. The van der Waals surface area contributed by atoms with Crippen LogP contribution in [0.3, 0.4) is 0 Å². The zero-order valence-corrected chi connectivity index (χ0v) is 13.7. The summed E-state index contributed by atoms with van der Waals surface area (Å²) >= 11 is 0. The van der Waals surface area contributed by atoms with Gasteiger partial charge in [0, 0.05) is 13.0 Å². The number of nitrogens with zero attached hydrogens (tertiary/aromatic N) is 1. The molecule has 1 atom stereocenters. The quantitative estimate of drug-likeness (QED) is 0.851. The van der Waals surface area contributed by atoms with Crippen LogP contribution in [-0.4, -0.2) is 35.6 Å². The summed E-state index contributed by atoms with van der Waals surface area (Å²) in [4.78, 5) is 14.5. The lowest BCUT2D eigenvalue weighted by Crippen LogP contribution is -2.57. The summed E-state index contributed by atoms with van der Waals surface area (Å²) in [7, 11) is 0. The maximum atomic E-state index is 12.5. The Morgan fingerprint density at radius 3 is 2.81 bits per heavy atom. The summed E-state index contributed by atoms with van der Waals surface area (Å²) in [5.74, 6) is 0.253. The zero-order chi connectivity index (χ0) is 15.5. The zero-order valence-electron chi connectivity index (χ0n) is 13.7. The molecule has 1 amide bonds. The van der Waals surface area contributed by atoms with Crippen molar-refractivity contribution in [3.63, 3.8) is 0 Å². The van der Waals surface area contributed by atoms with E-state index in [-0.39, 0.29) is 17.6 Å². The van der Waals surface area contributed by atoms with E-state index >= 15 is 0 Å². The first-order valence-corrected chi connectivity index (χ1v) is 7.87. The molecule has 1 saturated heterocycles. The van der Waals surface area contributed by atoms with Gasteiger partial charge >= 0.3 is 0 Å². The number of amides is 1. The third kappa shape index (κ3) is 4.07. The van der Waals surface area contributed by atoms with Crippen molar-refractivity contribution >= 4 is 5.91 Å². The molecule has 0 spiro atoms. The van der Waals surface area contributed by atoms with Gasteiger partial charge in [-0.1, -0.05) is 24.3 Å². The third-order valence-electron chi connectivity index (χ3n) is 4.29. The van der Waals surface area contributed by atoms with E-state index in [1.54, 1.807) is 0 Å². The van der Waals surface area contributed by atoms with Crippen molar-refractivity contribution < 1.29 is 9.53 Å². The van der Waals surface area contributed by atoms with Crippen LogP contribution in [0.2, 0.25) is 0 Å². The van der Waals surface area contributed by atoms with Crippen molar-refractivity contribution in [1.82, 2.24) is 4.90 Å². The average molecular weight is 289 g/mol. The maximum Gasteiger partial charge on any atom is 0.223 e. The number of hydrogen-bond donors (Lipinski definition) is 0. The van der Waals surface area contributed by atoms with Gasteiger partial charge in [-0.05, 0) is 51.7 Å². The Labute approximate surface area is 128 Å². The van der Waals surface area contributed by atoms with Gasteiger partial charge in [-0.3, -0.25) is 4.79 Å². The van der Waals surface area contributed by atoms with Crippen LogP contribution >= 0.6 is 0 Å². The van der Waals surface area contributed by atoms with Gasteiger partial charge < -0.3 is 9.64 Å². The number of rotatable bonds is 4. The van der Waals surface area contributed by atoms with Gasteiger partial charge in [-0.15, -0.1) is 0 Å². The van der Waals surface area contributed by atoms with Crippen LogP contribution in [0.4, 0.5) is 0 Å². The Kier molecular flexibility index (Phi) is 5.04. The number of carbonyl (C=O) groups is 1. The molecule has 1 aliphatic rings. The van der Waals surface area contributed by atoms with Crippen molar-refractivity contribution in [2.45, 2.75) is 58.6 Å². The topological polar surface area (TPSA) is 29.5 Å². The molecular formula is C18H27NO2. The van der Waals surface area contributed by atoms with E-state index in [1.807, 2.05) is 11.8 Å². The van der Waals surface area contributed by atoms with E-state index in [1.165, 1.54) is 11.1 Å². The summed E-state index contributed by atoms with van der Waals surface area (Å²) in [6, 6.07) is 8.41. The lowest BCUT2D eigenvalue weighted by Gasteiger charge is -2.44. The Bertz CT molecular complexity index is 496. The molecule has 0 saturated carbocycles. The summed E-state index contributed by atoms with van der Waals surface area (Å²) < 4.78 is 5.67. The molecule has 0 aliphatic carbocycles. The molecule has 0 bridgehead atoms. The van der Waals surface area contributed by atoms with Crippen molar-refractivity contribution in [3.8, 4) is 0 Å². The molecule has 0 radical (unpaired) electrons.